The van der Waals surface area contributed by atoms with Gasteiger partial charge in [-0.2, -0.15) is 4.99 Å². The van der Waals surface area contributed by atoms with Gasteiger partial charge >= 0.3 is 0 Å². The van der Waals surface area contributed by atoms with Crippen molar-refractivity contribution in [1.29, 1.82) is 0 Å². The van der Waals surface area contributed by atoms with Crippen molar-refractivity contribution in [2.24, 2.45) is 4.99 Å². The fraction of sp³-hybridized carbons (Fsp3) is 0.235. The molecule has 0 spiro atoms. The van der Waals surface area contributed by atoms with Crippen LogP contribution in [0.15, 0.2) is 35.3 Å². The van der Waals surface area contributed by atoms with Crippen molar-refractivity contribution < 1.29 is 0 Å². The standard InChI is InChI=1S/C17H15NS2/c1-3-4-15-8-9-16(20-15)7-5-14-6-10-17(18-12-19)13(2)11-14/h6,8-11H,3-4H2,1-2H3. The van der Waals surface area contributed by atoms with E-state index in [-0.39, 0.29) is 0 Å². The van der Waals surface area contributed by atoms with Crippen LogP contribution in [0.5, 0.6) is 0 Å². The largest absolute Gasteiger partial charge is 0.194 e. The van der Waals surface area contributed by atoms with E-state index < -0.39 is 0 Å². The van der Waals surface area contributed by atoms with Gasteiger partial charge in [0.15, 0.2) is 0 Å². The predicted molar refractivity (Wildman–Crippen MR) is 90.2 cm³/mol. The summed E-state index contributed by atoms with van der Waals surface area (Å²) in [6.45, 7) is 4.19. The maximum atomic E-state index is 4.62. The third-order valence-corrected chi connectivity index (χ3v) is 4.00. The lowest BCUT2D eigenvalue weighted by atomic mass is 10.1. The first-order chi connectivity index (χ1) is 9.72. The SMILES string of the molecule is CCCc1ccc(C#Cc2ccc(N=C=S)c(C)c2)s1. The molecule has 2 rings (SSSR count). The molecule has 20 heavy (non-hydrogen) atoms. The van der Waals surface area contributed by atoms with Gasteiger partial charge in [0.05, 0.1) is 15.7 Å². The summed E-state index contributed by atoms with van der Waals surface area (Å²) in [6.07, 6.45) is 2.31. The number of isothiocyanates is 1. The van der Waals surface area contributed by atoms with Crippen LogP contribution >= 0.6 is 23.6 Å². The molecule has 1 nitrogen and oxygen atoms in total. The van der Waals surface area contributed by atoms with Crippen LogP contribution in [0.4, 0.5) is 5.69 Å². The molecular formula is C17H15NS2. The van der Waals surface area contributed by atoms with Crippen molar-refractivity contribution in [1.82, 2.24) is 0 Å². The third-order valence-electron chi connectivity index (χ3n) is 2.85. The molecule has 1 aromatic carbocycles. The van der Waals surface area contributed by atoms with Crippen molar-refractivity contribution in [3.05, 3.63) is 51.2 Å². The fourth-order valence-corrected chi connectivity index (χ4v) is 2.93. The Hall–Kier alpha value is -1.72. The molecule has 2 aromatic rings. The zero-order valence-electron chi connectivity index (χ0n) is 11.6. The molecule has 0 radical (unpaired) electrons. The summed E-state index contributed by atoms with van der Waals surface area (Å²) in [6, 6.07) is 10.2. The number of nitrogens with zero attached hydrogens (tertiary/aromatic N) is 1. The van der Waals surface area contributed by atoms with Crippen LogP contribution in [0.3, 0.4) is 0 Å². The van der Waals surface area contributed by atoms with E-state index in [9.17, 15) is 0 Å². The van der Waals surface area contributed by atoms with Gasteiger partial charge in [0.1, 0.15) is 0 Å². The van der Waals surface area contributed by atoms with Gasteiger partial charge in [-0.3, -0.25) is 0 Å². The van der Waals surface area contributed by atoms with Gasteiger partial charge < -0.3 is 0 Å². The lowest BCUT2D eigenvalue weighted by Crippen LogP contribution is -1.78. The molecule has 0 aliphatic carbocycles. The maximum Gasteiger partial charge on any atom is 0.0775 e. The summed E-state index contributed by atoms with van der Waals surface area (Å²) in [5.41, 5.74) is 2.91. The molecule has 0 atom stereocenters. The highest BCUT2D eigenvalue weighted by Gasteiger charge is 1.98. The van der Waals surface area contributed by atoms with Gasteiger partial charge in [-0.05, 0) is 61.5 Å². The van der Waals surface area contributed by atoms with Crippen molar-refractivity contribution in [3.8, 4) is 11.8 Å². The second-order valence-corrected chi connectivity index (χ2v) is 5.82. The maximum absolute atomic E-state index is 4.62. The number of rotatable bonds is 3. The van der Waals surface area contributed by atoms with E-state index in [2.05, 4.69) is 53.3 Å². The Kier molecular flexibility index (Phi) is 5.26. The Morgan fingerprint density at radius 1 is 1.20 bits per heavy atom. The Bertz CT molecular complexity index is 710. The van der Waals surface area contributed by atoms with Gasteiger partial charge in [0.2, 0.25) is 0 Å². The zero-order valence-corrected chi connectivity index (χ0v) is 13.2. The highest BCUT2D eigenvalue weighted by atomic mass is 32.1. The highest BCUT2D eigenvalue weighted by Crippen LogP contribution is 2.20. The fourth-order valence-electron chi connectivity index (χ4n) is 1.87. The van der Waals surface area contributed by atoms with Crippen molar-refractivity contribution in [2.75, 3.05) is 0 Å². The van der Waals surface area contributed by atoms with Gasteiger partial charge in [-0.25, -0.2) is 0 Å². The number of thiophene rings is 1. The van der Waals surface area contributed by atoms with Crippen molar-refractivity contribution in [2.45, 2.75) is 26.7 Å². The lowest BCUT2D eigenvalue weighted by molar-refractivity contribution is 0.940. The molecule has 0 bridgehead atoms. The summed E-state index contributed by atoms with van der Waals surface area (Å²) < 4.78 is 0. The van der Waals surface area contributed by atoms with Crippen molar-refractivity contribution in [3.63, 3.8) is 0 Å². The average Bonchev–Trinajstić information content (AvgIpc) is 2.88. The van der Waals surface area contributed by atoms with Crippen LogP contribution in [0.25, 0.3) is 0 Å². The Labute approximate surface area is 129 Å². The smallest absolute Gasteiger partial charge is 0.0775 e. The molecule has 0 saturated carbocycles. The van der Waals surface area contributed by atoms with E-state index in [4.69, 9.17) is 0 Å². The molecule has 0 aliphatic heterocycles. The predicted octanol–water partition coefficient (Wildman–Crippen LogP) is 5.14. The third kappa shape index (κ3) is 3.88. The van der Waals surface area contributed by atoms with E-state index in [1.165, 1.54) is 11.3 Å². The van der Waals surface area contributed by atoms with E-state index in [1.54, 1.807) is 11.3 Å². The molecular weight excluding hydrogens is 282 g/mol. The Morgan fingerprint density at radius 3 is 2.75 bits per heavy atom. The minimum atomic E-state index is 0.854. The lowest BCUT2D eigenvalue weighted by Gasteiger charge is -1.98. The molecule has 0 N–H and O–H groups in total. The van der Waals surface area contributed by atoms with Crippen LogP contribution in [0.1, 0.15) is 34.2 Å². The molecule has 100 valence electrons. The highest BCUT2D eigenvalue weighted by molar-refractivity contribution is 7.78. The van der Waals surface area contributed by atoms with Gasteiger partial charge in [-0.15, -0.1) is 11.3 Å². The molecule has 3 heteroatoms. The Balaban J connectivity index is 2.19. The molecule has 0 unspecified atom stereocenters. The number of hydrogen-bond donors (Lipinski definition) is 0. The second-order valence-electron chi connectivity index (χ2n) is 4.47. The minimum Gasteiger partial charge on any atom is -0.194 e. The average molecular weight is 297 g/mol. The van der Waals surface area contributed by atoms with E-state index in [0.717, 1.165) is 28.1 Å². The number of benzene rings is 1. The number of thiocarbonyl (C=S) groups is 1. The summed E-state index contributed by atoms with van der Waals surface area (Å²) in [5, 5.41) is 2.39. The first-order valence-electron chi connectivity index (χ1n) is 6.52. The first-order valence-corrected chi connectivity index (χ1v) is 7.74. The number of aliphatic imine (C=N–C) groups is 1. The summed E-state index contributed by atoms with van der Waals surface area (Å²) in [4.78, 5) is 6.53. The van der Waals surface area contributed by atoms with Crippen LogP contribution in [-0.4, -0.2) is 5.16 Å². The quantitative estimate of drug-likeness (QED) is 0.434. The molecule has 0 amide bonds. The van der Waals surface area contributed by atoms with Crippen LogP contribution < -0.4 is 0 Å². The number of hydrogen-bond acceptors (Lipinski definition) is 3. The summed E-state index contributed by atoms with van der Waals surface area (Å²) >= 11 is 6.40. The zero-order chi connectivity index (χ0) is 14.4. The van der Waals surface area contributed by atoms with Gasteiger partial charge in [0.25, 0.3) is 0 Å². The Morgan fingerprint density at radius 2 is 2.05 bits per heavy atom. The monoisotopic (exact) mass is 297 g/mol. The van der Waals surface area contributed by atoms with Crippen LogP contribution in [0.2, 0.25) is 0 Å². The molecule has 0 saturated heterocycles. The second kappa shape index (κ2) is 7.17. The summed E-state index contributed by atoms with van der Waals surface area (Å²) in [5.74, 6) is 6.42. The normalized spacial score (nSPS) is 9.50. The first kappa shape index (κ1) is 14.7. The van der Waals surface area contributed by atoms with Crippen LogP contribution in [-0.2, 0) is 6.42 Å². The van der Waals surface area contributed by atoms with E-state index >= 15 is 0 Å². The van der Waals surface area contributed by atoms with Gasteiger partial charge in [-0.1, -0.05) is 25.2 Å². The topological polar surface area (TPSA) is 12.4 Å². The van der Waals surface area contributed by atoms with Crippen molar-refractivity contribution >= 4 is 34.4 Å². The minimum absolute atomic E-state index is 0.854. The molecule has 0 aliphatic rings. The number of aryl methyl sites for hydroxylation is 2. The molecule has 0 fully saturated rings. The molecule has 1 heterocycles. The van der Waals surface area contributed by atoms with E-state index in [1.807, 2.05) is 25.1 Å². The van der Waals surface area contributed by atoms with Gasteiger partial charge in [0, 0.05) is 10.4 Å². The summed E-state index contributed by atoms with van der Waals surface area (Å²) in [7, 11) is 0. The van der Waals surface area contributed by atoms with E-state index in [0.29, 0.717) is 0 Å². The molecule has 1 aromatic heterocycles. The van der Waals surface area contributed by atoms with Crippen LogP contribution in [0, 0.1) is 18.8 Å².